The first-order chi connectivity index (χ1) is 11.7. The molecule has 1 saturated heterocycles. The fourth-order valence-corrected chi connectivity index (χ4v) is 3.32. The van der Waals surface area contributed by atoms with Gasteiger partial charge in [0.05, 0.1) is 17.7 Å². The van der Waals surface area contributed by atoms with E-state index in [0.29, 0.717) is 18.7 Å². The van der Waals surface area contributed by atoms with Crippen molar-refractivity contribution in [1.82, 2.24) is 15.6 Å². The highest BCUT2D eigenvalue weighted by Gasteiger charge is 2.15. The Bertz CT molecular complexity index is 669. The average Bonchev–Trinajstić information content (AvgIpc) is 3.06. The van der Waals surface area contributed by atoms with Gasteiger partial charge in [0, 0.05) is 31.4 Å². The van der Waals surface area contributed by atoms with Crippen molar-refractivity contribution in [2.75, 3.05) is 26.2 Å². The first kappa shape index (κ1) is 17.0. The highest BCUT2D eigenvalue weighted by atomic mass is 32.1. The second-order valence-corrected chi connectivity index (χ2v) is 6.61. The fourth-order valence-electron chi connectivity index (χ4n) is 2.52. The molecule has 2 aromatic rings. The van der Waals surface area contributed by atoms with Gasteiger partial charge in [0.15, 0.2) is 0 Å². The lowest BCUT2D eigenvalue weighted by Crippen LogP contribution is -2.40. The van der Waals surface area contributed by atoms with E-state index in [-0.39, 0.29) is 17.8 Å². The molecule has 0 bridgehead atoms. The Kier molecular flexibility index (Phi) is 5.90. The van der Waals surface area contributed by atoms with Crippen molar-refractivity contribution in [3.63, 3.8) is 0 Å². The van der Waals surface area contributed by atoms with Gasteiger partial charge in [-0.15, -0.1) is 11.3 Å². The van der Waals surface area contributed by atoms with Crippen LogP contribution >= 0.6 is 11.3 Å². The number of nitrogens with one attached hydrogen (secondary N) is 2. The van der Waals surface area contributed by atoms with E-state index >= 15 is 0 Å². The van der Waals surface area contributed by atoms with E-state index in [1.54, 1.807) is 17.5 Å². The number of nitrogens with zero attached hydrogens (tertiary/aromatic N) is 1. The van der Waals surface area contributed by atoms with E-state index < -0.39 is 0 Å². The second-order valence-electron chi connectivity index (χ2n) is 5.67. The molecule has 1 atom stereocenters. The van der Waals surface area contributed by atoms with E-state index in [0.717, 1.165) is 36.7 Å². The van der Waals surface area contributed by atoms with Crippen LogP contribution < -0.4 is 10.6 Å². The molecule has 1 aliphatic rings. The van der Waals surface area contributed by atoms with Crippen LogP contribution in [0.25, 0.3) is 0 Å². The Balaban J connectivity index is 1.47. The van der Waals surface area contributed by atoms with Gasteiger partial charge in [-0.1, -0.05) is 12.1 Å². The summed E-state index contributed by atoms with van der Waals surface area (Å²) >= 11 is 1.44. The first-order valence-corrected chi connectivity index (χ1v) is 8.88. The van der Waals surface area contributed by atoms with Crippen LogP contribution in [-0.2, 0) is 11.2 Å². The van der Waals surface area contributed by atoms with Gasteiger partial charge >= 0.3 is 0 Å². The zero-order chi connectivity index (χ0) is 16.8. The maximum absolute atomic E-state index is 12.9. The minimum atomic E-state index is -0.255. The van der Waals surface area contributed by atoms with Crippen LogP contribution in [0.1, 0.15) is 27.5 Å². The Morgan fingerprint density at radius 2 is 2.25 bits per heavy atom. The Morgan fingerprint density at radius 3 is 3.00 bits per heavy atom. The third kappa shape index (κ3) is 4.83. The number of amides is 1. The quantitative estimate of drug-likeness (QED) is 0.837. The molecule has 5 nitrogen and oxygen atoms in total. The van der Waals surface area contributed by atoms with Gasteiger partial charge in [0.25, 0.3) is 5.91 Å². The van der Waals surface area contributed by atoms with Gasteiger partial charge in [-0.3, -0.25) is 4.79 Å². The third-order valence-corrected chi connectivity index (χ3v) is 4.66. The summed E-state index contributed by atoms with van der Waals surface area (Å²) in [4.78, 5) is 16.5. The molecule has 2 heterocycles. The molecule has 2 N–H and O–H groups in total. The van der Waals surface area contributed by atoms with Crippen LogP contribution in [-0.4, -0.2) is 43.2 Å². The van der Waals surface area contributed by atoms with Crippen LogP contribution in [0.2, 0.25) is 0 Å². The molecule has 0 radical (unpaired) electrons. The molecule has 0 saturated carbocycles. The van der Waals surface area contributed by atoms with Crippen LogP contribution in [0.5, 0.6) is 0 Å². The molecule has 3 rings (SSSR count). The molecule has 1 aromatic carbocycles. The predicted molar refractivity (Wildman–Crippen MR) is 90.9 cm³/mol. The van der Waals surface area contributed by atoms with E-state index in [9.17, 15) is 9.18 Å². The number of hydrogen-bond acceptors (Lipinski definition) is 5. The van der Waals surface area contributed by atoms with Crippen LogP contribution in [0.15, 0.2) is 29.6 Å². The number of ether oxygens (including phenoxy) is 1. The number of halogens is 1. The minimum Gasteiger partial charge on any atom is -0.376 e. The van der Waals surface area contributed by atoms with Crippen molar-refractivity contribution in [3.05, 3.63) is 51.7 Å². The third-order valence-electron chi connectivity index (χ3n) is 3.81. The molecule has 1 aliphatic heterocycles. The number of rotatable bonds is 6. The van der Waals surface area contributed by atoms with Gasteiger partial charge in [-0.25, -0.2) is 9.37 Å². The molecule has 0 aliphatic carbocycles. The minimum absolute atomic E-state index is 0.156. The number of thiazole rings is 1. The zero-order valence-electron chi connectivity index (χ0n) is 13.3. The Labute approximate surface area is 144 Å². The summed E-state index contributed by atoms with van der Waals surface area (Å²) in [5.41, 5.74) is 1.40. The first-order valence-electron chi connectivity index (χ1n) is 8.00. The number of aromatic nitrogens is 1. The molecule has 7 heteroatoms. The number of hydrogen-bond donors (Lipinski definition) is 2. The molecule has 1 aromatic heterocycles. The predicted octanol–water partition coefficient (Wildman–Crippen LogP) is 1.98. The lowest BCUT2D eigenvalue weighted by atomic mass is 10.1. The van der Waals surface area contributed by atoms with Crippen LogP contribution in [0, 0.1) is 5.82 Å². The van der Waals surface area contributed by atoms with Crippen molar-refractivity contribution in [2.24, 2.45) is 0 Å². The molecule has 24 heavy (non-hydrogen) atoms. The smallest absolute Gasteiger partial charge is 0.270 e. The summed E-state index contributed by atoms with van der Waals surface area (Å²) in [6.07, 6.45) is 1.54. The van der Waals surface area contributed by atoms with Crippen molar-refractivity contribution < 1.29 is 13.9 Å². The van der Waals surface area contributed by atoms with Crippen molar-refractivity contribution in [2.45, 2.75) is 18.9 Å². The summed E-state index contributed by atoms with van der Waals surface area (Å²) in [7, 11) is 0. The van der Waals surface area contributed by atoms with Gasteiger partial charge < -0.3 is 15.4 Å². The summed E-state index contributed by atoms with van der Waals surface area (Å²) in [6.45, 7) is 3.00. The molecule has 1 amide bonds. The fraction of sp³-hybridized carbons (Fsp3) is 0.412. The standard InChI is InChI=1S/C17H20FN3O2S/c18-13-3-1-12(2-4-13)9-16-21-15(11-24-16)17(22)20-6-5-14-10-19-7-8-23-14/h1-4,11,14,19H,5-10H2,(H,20,22). The summed E-state index contributed by atoms with van der Waals surface area (Å²) in [6, 6.07) is 6.32. The lowest BCUT2D eigenvalue weighted by molar-refractivity contribution is 0.0239. The zero-order valence-corrected chi connectivity index (χ0v) is 14.1. The maximum Gasteiger partial charge on any atom is 0.270 e. The topological polar surface area (TPSA) is 63.2 Å². The molecular weight excluding hydrogens is 329 g/mol. The van der Waals surface area contributed by atoms with Crippen molar-refractivity contribution in [1.29, 1.82) is 0 Å². The summed E-state index contributed by atoms with van der Waals surface area (Å²) in [5.74, 6) is -0.421. The van der Waals surface area contributed by atoms with Gasteiger partial charge in [0.1, 0.15) is 11.5 Å². The normalized spacial score (nSPS) is 17.6. The lowest BCUT2D eigenvalue weighted by Gasteiger charge is -2.23. The van der Waals surface area contributed by atoms with Crippen molar-refractivity contribution in [3.8, 4) is 0 Å². The molecule has 0 spiro atoms. The van der Waals surface area contributed by atoms with Gasteiger partial charge in [0.2, 0.25) is 0 Å². The molecule has 128 valence electrons. The molecule has 1 fully saturated rings. The summed E-state index contributed by atoms with van der Waals surface area (Å²) < 4.78 is 18.5. The van der Waals surface area contributed by atoms with Gasteiger partial charge in [-0.2, -0.15) is 0 Å². The molecule has 1 unspecified atom stereocenters. The SMILES string of the molecule is O=C(NCCC1CNCCO1)c1csc(Cc2ccc(F)cc2)n1. The van der Waals surface area contributed by atoms with Crippen molar-refractivity contribution >= 4 is 17.2 Å². The molecular formula is C17H20FN3O2S. The highest BCUT2D eigenvalue weighted by Crippen LogP contribution is 2.15. The monoisotopic (exact) mass is 349 g/mol. The number of carbonyl (C=O) groups is 1. The van der Waals surface area contributed by atoms with Gasteiger partial charge in [-0.05, 0) is 24.1 Å². The van der Waals surface area contributed by atoms with E-state index in [1.807, 2.05) is 0 Å². The van der Waals surface area contributed by atoms with E-state index in [2.05, 4.69) is 15.6 Å². The van der Waals surface area contributed by atoms with Crippen LogP contribution in [0.4, 0.5) is 4.39 Å². The maximum atomic E-state index is 12.9. The van der Waals surface area contributed by atoms with E-state index in [4.69, 9.17) is 4.74 Å². The van der Waals surface area contributed by atoms with Crippen LogP contribution in [0.3, 0.4) is 0 Å². The number of benzene rings is 1. The number of morpholine rings is 1. The number of carbonyl (C=O) groups excluding carboxylic acids is 1. The summed E-state index contributed by atoms with van der Waals surface area (Å²) in [5, 5.41) is 8.74. The second kappa shape index (κ2) is 8.32. The highest BCUT2D eigenvalue weighted by molar-refractivity contribution is 7.09. The Hall–Kier alpha value is -1.83. The largest absolute Gasteiger partial charge is 0.376 e. The average molecular weight is 349 g/mol. The Morgan fingerprint density at radius 1 is 1.42 bits per heavy atom. The van der Waals surface area contributed by atoms with E-state index in [1.165, 1.54) is 23.5 Å².